The molecule has 0 nitrogen and oxygen atoms in total. The summed E-state index contributed by atoms with van der Waals surface area (Å²) in [5, 5.41) is 0. The van der Waals surface area contributed by atoms with E-state index in [2.05, 4.69) is 0 Å². The first-order chi connectivity index (χ1) is 7.07. The predicted molar refractivity (Wildman–Crippen MR) is 56.0 cm³/mol. The smallest absolute Gasteiger partial charge is 0.166 e. The van der Waals surface area contributed by atoms with Crippen molar-refractivity contribution in [2.24, 2.45) is 0 Å². The third kappa shape index (κ3) is 2.48. The van der Waals surface area contributed by atoms with Gasteiger partial charge in [-0.25, -0.2) is 0 Å². The minimum Gasteiger partial charge on any atom is -0.166 e. The van der Waals surface area contributed by atoms with Gasteiger partial charge < -0.3 is 0 Å². The van der Waals surface area contributed by atoms with Crippen molar-refractivity contribution in [3.8, 4) is 0 Å². The Kier molecular flexibility index (Phi) is 2.96. The zero-order valence-electron chi connectivity index (χ0n) is 8.18. The maximum atomic E-state index is 12.3. The SMILES string of the molecule is FC(F)(F)c1ccc([S+]2CCCC2)cc1. The Morgan fingerprint density at radius 3 is 1.93 bits per heavy atom. The minimum absolute atomic E-state index is 0.207. The number of halogens is 3. The highest BCUT2D eigenvalue weighted by molar-refractivity contribution is 7.97. The normalized spacial score (nSPS) is 18.3. The molecule has 2 rings (SSSR count). The molecule has 1 aliphatic heterocycles. The maximum absolute atomic E-state index is 12.3. The van der Waals surface area contributed by atoms with E-state index < -0.39 is 11.7 Å². The van der Waals surface area contributed by atoms with E-state index in [0.29, 0.717) is 0 Å². The summed E-state index contributed by atoms with van der Waals surface area (Å²) in [5.41, 5.74) is -0.547. The van der Waals surface area contributed by atoms with Crippen molar-refractivity contribution in [2.45, 2.75) is 23.9 Å². The Morgan fingerprint density at radius 1 is 0.933 bits per heavy atom. The molecule has 1 heterocycles. The molecule has 4 heteroatoms. The fourth-order valence-electron chi connectivity index (χ4n) is 1.73. The molecular formula is C11H12F3S+. The van der Waals surface area contributed by atoms with Crippen LogP contribution in [0, 0.1) is 0 Å². The Balaban J connectivity index is 2.16. The third-order valence-corrected chi connectivity index (χ3v) is 5.05. The van der Waals surface area contributed by atoms with Gasteiger partial charge >= 0.3 is 6.18 Å². The standard InChI is InChI=1S/C11H12F3S/c12-11(13,14)9-3-5-10(6-4-9)15-7-1-2-8-15/h3-6H,1-2,7-8H2/q+1. The lowest BCUT2D eigenvalue weighted by atomic mass is 10.2. The summed E-state index contributed by atoms with van der Waals surface area (Å²) >= 11 is 0. The molecule has 0 unspecified atom stereocenters. The van der Waals surface area contributed by atoms with Gasteiger partial charge in [0.15, 0.2) is 4.90 Å². The fraction of sp³-hybridized carbons (Fsp3) is 0.455. The molecule has 1 aromatic rings. The van der Waals surface area contributed by atoms with E-state index in [1.165, 1.54) is 25.0 Å². The molecule has 0 bridgehead atoms. The average Bonchev–Trinajstić information content (AvgIpc) is 2.69. The number of hydrogen-bond acceptors (Lipinski definition) is 0. The van der Waals surface area contributed by atoms with Crippen LogP contribution in [0.4, 0.5) is 13.2 Å². The summed E-state index contributed by atoms with van der Waals surface area (Å²) in [5.74, 6) is 2.29. The molecule has 0 atom stereocenters. The highest BCUT2D eigenvalue weighted by Crippen LogP contribution is 2.31. The van der Waals surface area contributed by atoms with Crippen LogP contribution in [0.5, 0.6) is 0 Å². The molecule has 1 aliphatic rings. The van der Waals surface area contributed by atoms with Crippen molar-refractivity contribution in [1.82, 2.24) is 0 Å². The molecule has 1 aromatic carbocycles. The van der Waals surface area contributed by atoms with E-state index in [1.54, 1.807) is 12.1 Å². The molecule has 0 N–H and O–H groups in total. The van der Waals surface area contributed by atoms with Gasteiger partial charge in [-0.05, 0) is 37.1 Å². The van der Waals surface area contributed by atoms with Crippen molar-refractivity contribution in [3.05, 3.63) is 29.8 Å². The Bertz CT molecular complexity index is 323. The summed E-state index contributed by atoms with van der Waals surface area (Å²) in [6, 6.07) is 5.66. The molecule has 0 amide bonds. The van der Waals surface area contributed by atoms with Crippen molar-refractivity contribution >= 4 is 10.9 Å². The van der Waals surface area contributed by atoms with Gasteiger partial charge in [0.05, 0.1) is 5.56 Å². The van der Waals surface area contributed by atoms with Crippen LogP contribution in [0.25, 0.3) is 0 Å². The van der Waals surface area contributed by atoms with Crippen LogP contribution in [0.1, 0.15) is 18.4 Å². The monoisotopic (exact) mass is 233 g/mol. The lowest BCUT2D eigenvalue weighted by Crippen LogP contribution is -2.07. The van der Waals surface area contributed by atoms with E-state index in [4.69, 9.17) is 0 Å². The van der Waals surface area contributed by atoms with Crippen molar-refractivity contribution < 1.29 is 13.2 Å². The molecule has 0 radical (unpaired) electrons. The van der Waals surface area contributed by atoms with Gasteiger partial charge in [0, 0.05) is 10.9 Å². The lowest BCUT2D eigenvalue weighted by molar-refractivity contribution is -0.137. The number of benzene rings is 1. The van der Waals surface area contributed by atoms with Crippen LogP contribution < -0.4 is 0 Å². The lowest BCUT2D eigenvalue weighted by Gasteiger charge is -2.06. The van der Waals surface area contributed by atoms with Gasteiger partial charge in [-0.1, -0.05) is 0 Å². The Labute approximate surface area is 89.8 Å². The van der Waals surface area contributed by atoms with Gasteiger partial charge in [-0.15, -0.1) is 0 Å². The maximum Gasteiger partial charge on any atom is 0.416 e. The summed E-state index contributed by atoms with van der Waals surface area (Å²) in [7, 11) is 0.207. The minimum atomic E-state index is -4.21. The van der Waals surface area contributed by atoms with Crippen LogP contribution >= 0.6 is 0 Å². The van der Waals surface area contributed by atoms with Gasteiger partial charge in [0.25, 0.3) is 0 Å². The summed E-state index contributed by atoms with van der Waals surface area (Å²) in [4.78, 5) is 1.08. The first-order valence-corrected chi connectivity index (χ1v) is 6.48. The highest BCUT2D eigenvalue weighted by Gasteiger charge is 2.32. The Hall–Kier alpha value is -0.640. The average molecular weight is 233 g/mol. The van der Waals surface area contributed by atoms with E-state index >= 15 is 0 Å². The molecule has 0 aliphatic carbocycles. The molecule has 0 saturated carbocycles. The second-order valence-electron chi connectivity index (χ2n) is 3.63. The van der Waals surface area contributed by atoms with E-state index in [9.17, 15) is 13.2 Å². The molecule has 0 aromatic heterocycles. The van der Waals surface area contributed by atoms with E-state index in [-0.39, 0.29) is 10.9 Å². The van der Waals surface area contributed by atoms with E-state index in [0.717, 1.165) is 16.4 Å². The molecule has 82 valence electrons. The molecule has 0 spiro atoms. The van der Waals surface area contributed by atoms with Gasteiger partial charge in [-0.2, -0.15) is 13.2 Å². The van der Waals surface area contributed by atoms with Gasteiger partial charge in [0.2, 0.25) is 0 Å². The summed E-state index contributed by atoms with van der Waals surface area (Å²) in [6.07, 6.45) is -1.79. The van der Waals surface area contributed by atoms with Gasteiger partial charge in [0.1, 0.15) is 11.5 Å². The van der Waals surface area contributed by atoms with Crippen molar-refractivity contribution in [1.29, 1.82) is 0 Å². The zero-order chi connectivity index (χ0) is 10.9. The third-order valence-electron chi connectivity index (χ3n) is 2.55. The molecule has 15 heavy (non-hydrogen) atoms. The van der Waals surface area contributed by atoms with Gasteiger partial charge in [-0.3, -0.25) is 0 Å². The van der Waals surface area contributed by atoms with Crippen LogP contribution in [-0.2, 0) is 17.1 Å². The molecule has 1 fully saturated rings. The first kappa shape index (κ1) is 10.9. The topological polar surface area (TPSA) is 0 Å². The van der Waals surface area contributed by atoms with Crippen molar-refractivity contribution in [3.63, 3.8) is 0 Å². The van der Waals surface area contributed by atoms with Crippen LogP contribution in [-0.4, -0.2) is 11.5 Å². The predicted octanol–water partition coefficient (Wildman–Crippen LogP) is 3.48. The van der Waals surface area contributed by atoms with Crippen LogP contribution in [0.2, 0.25) is 0 Å². The van der Waals surface area contributed by atoms with Crippen molar-refractivity contribution in [2.75, 3.05) is 11.5 Å². The van der Waals surface area contributed by atoms with Crippen LogP contribution in [0.15, 0.2) is 29.2 Å². The highest BCUT2D eigenvalue weighted by atomic mass is 32.2. The molecular weight excluding hydrogens is 221 g/mol. The van der Waals surface area contributed by atoms with E-state index in [1.807, 2.05) is 0 Å². The number of hydrogen-bond donors (Lipinski definition) is 0. The zero-order valence-corrected chi connectivity index (χ0v) is 9.00. The van der Waals surface area contributed by atoms with Crippen LogP contribution in [0.3, 0.4) is 0 Å². The first-order valence-electron chi connectivity index (χ1n) is 4.92. The summed E-state index contributed by atoms with van der Waals surface area (Å²) in [6.45, 7) is 0. The molecule has 1 saturated heterocycles. The number of alkyl halides is 3. The number of rotatable bonds is 1. The second kappa shape index (κ2) is 4.08. The second-order valence-corrected chi connectivity index (χ2v) is 5.90. The fourth-order valence-corrected chi connectivity index (χ4v) is 4.03. The Morgan fingerprint density at radius 2 is 1.47 bits per heavy atom. The largest absolute Gasteiger partial charge is 0.416 e. The quantitative estimate of drug-likeness (QED) is 0.651. The summed E-state index contributed by atoms with van der Waals surface area (Å²) < 4.78 is 36.9.